The monoisotopic (exact) mass is 791 g/mol. The summed E-state index contributed by atoms with van der Waals surface area (Å²) < 4.78 is 78.2. The predicted molar refractivity (Wildman–Crippen MR) is 199 cm³/mol. The highest BCUT2D eigenvalue weighted by molar-refractivity contribution is 7.78. The molecule has 18 heteroatoms. The van der Waals surface area contributed by atoms with Crippen molar-refractivity contribution >= 4 is 42.8 Å². The second kappa shape index (κ2) is 16.0. The van der Waals surface area contributed by atoms with Crippen LogP contribution in [0, 0.1) is 5.82 Å². The summed E-state index contributed by atoms with van der Waals surface area (Å²) in [4.78, 5) is 41.3. The number of anilines is 1. The minimum Gasteiger partial charge on any atom is -0.492 e. The van der Waals surface area contributed by atoms with Crippen molar-refractivity contribution in [3.8, 4) is 17.1 Å². The van der Waals surface area contributed by atoms with Crippen LogP contribution >= 0.6 is 15.0 Å². The van der Waals surface area contributed by atoms with Crippen molar-refractivity contribution in [3.63, 3.8) is 0 Å². The van der Waals surface area contributed by atoms with Gasteiger partial charge in [0.2, 0.25) is 12.8 Å². The summed E-state index contributed by atoms with van der Waals surface area (Å²) in [6, 6.07) is 7.21. The largest absolute Gasteiger partial charge is 0.519 e. The Balaban J connectivity index is 1.24. The number of nitrogens with zero attached hydrogens (tertiary/aromatic N) is 3. The number of ether oxygens (including phenoxy) is 1. The number of aromatic nitrogens is 1. The Bertz CT molecular complexity index is 2240. The summed E-state index contributed by atoms with van der Waals surface area (Å²) >= 11 is 0. The Morgan fingerprint density at radius 3 is 2.24 bits per heavy atom. The van der Waals surface area contributed by atoms with E-state index in [4.69, 9.17) is 27.1 Å². The van der Waals surface area contributed by atoms with Gasteiger partial charge in [0.25, 0.3) is 0 Å². The van der Waals surface area contributed by atoms with Crippen molar-refractivity contribution in [2.24, 2.45) is 0 Å². The van der Waals surface area contributed by atoms with E-state index in [1.54, 1.807) is 49.6 Å². The summed E-state index contributed by atoms with van der Waals surface area (Å²) in [7, 11) is -6.02. The van der Waals surface area contributed by atoms with Crippen molar-refractivity contribution in [3.05, 3.63) is 74.5 Å². The lowest BCUT2D eigenvalue weighted by Crippen LogP contribution is -2.51. The predicted octanol–water partition coefficient (Wildman–Crippen LogP) is 6.27. The molecule has 54 heavy (non-hydrogen) atoms. The molecule has 292 valence electrons. The number of hydrogen-bond donors (Lipinski definition) is 1. The maximum atomic E-state index is 16.0. The van der Waals surface area contributed by atoms with Crippen LogP contribution in [-0.4, -0.2) is 79.1 Å². The third-order valence-corrected chi connectivity index (χ3v) is 15.5. The van der Waals surface area contributed by atoms with E-state index in [1.165, 1.54) is 13.3 Å². The molecule has 4 aromatic rings. The number of carboxylic acids is 1. The number of pyridine rings is 1. The van der Waals surface area contributed by atoms with Gasteiger partial charge in [-0.3, -0.25) is 18.8 Å². The Kier molecular flexibility index (Phi) is 11.7. The number of hydrogen-bond acceptors (Lipinski definition) is 13. The zero-order valence-corrected chi connectivity index (χ0v) is 32.5. The third kappa shape index (κ3) is 7.87. The molecule has 2 unspecified atom stereocenters. The summed E-state index contributed by atoms with van der Waals surface area (Å²) in [5.41, 5.74) is -0.202. The zero-order valence-electron chi connectivity index (χ0n) is 30.7. The molecule has 2 fully saturated rings. The molecule has 1 saturated heterocycles. The Morgan fingerprint density at radius 1 is 1.00 bits per heavy atom. The summed E-state index contributed by atoms with van der Waals surface area (Å²) in [5.74, 6) is -2.83. The summed E-state index contributed by atoms with van der Waals surface area (Å²) in [6.45, 7) is 8.54. The van der Waals surface area contributed by atoms with Gasteiger partial charge in [0.15, 0.2) is 23.1 Å². The van der Waals surface area contributed by atoms with Crippen molar-refractivity contribution < 1.29 is 50.6 Å². The molecule has 0 radical (unpaired) electrons. The number of fused-ring (bicyclic) bond motifs is 1. The number of rotatable bonds is 16. The van der Waals surface area contributed by atoms with Crippen molar-refractivity contribution in [2.75, 3.05) is 57.4 Å². The maximum absolute atomic E-state index is 16.0. The number of carbonyl (C=O) groups is 1. The molecule has 1 N–H and O–H groups in total. The van der Waals surface area contributed by atoms with Crippen molar-refractivity contribution in [2.45, 2.75) is 59.2 Å². The minimum atomic E-state index is -3.72. The quantitative estimate of drug-likeness (QED) is 0.125. The van der Waals surface area contributed by atoms with Crippen LogP contribution in [0.2, 0.25) is 0 Å². The summed E-state index contributed by atoms with van der Waals surface area (Å²) in [5, 5.41) is 9.89. The highest BCUT2D eigenvalue weighted by Gasteiger charge is 2.39. The van der Waals surface area contributed by atoms with E-state index < -0.39 is 49.5 Å². The molecule has 1 aliphatic carbocycles. The molecular weight excluding hydrogens is 747 g/mol. The highest BCUT2D eigenvalue weighted by Crippen LogP contribution is 2.62. The Labute approximate surface area is 310 Å². The second-order valence-electron chi connectivity index (χ2n) is 13.1. The molecule has 2 aliphatic rings. The van der Waals surface area contributed by atoms with Gasteiger partial charge in [-0.1, -0.05) is 12.1 Å². The molecule has 15 nitrogen and oxygen atoms in total. The lowest BCUT2D eigenvalue weighted by molar-refractivity contribution is 0.0694. The fraction of sp³-hybridized carbons (Fsp3) is 0.472. The van der Waals surface area contributed by atoms with Gasteiger partial charge in [-0.05, 0) is 58.7 Å². The number of methoxy groups -OCH3 is 1. The highest BCUT2D eigenvalue weighted by atomic mass is 31.2. The molecule has 6 rings (SSSR count). The topological polar surface area (TPSA) is 180 Å². The zero-order chi connectivity index (χ0) is 38.9. The van der Waals surface area contributed by atoms with E-state index in [1.807, 2.05) is 11.8 Å². The Morgan fingerprint density at radius 2 is 1.67 bits per heavy atom. The average Bonchev–Trinajstić information content (AvgIpc) is 3.90. The maximum Gasteiger partial charge on any atom is 0.519 e. The van der Waals surface area contributed by atoms with Crippen LogP contribution in [0.3, 0.4) is 0 Å². The van der Waals surface area contributed by atoms with E-state index in [0.717, 1.165) is 18.9 Å². The van der Waals surface area contributed by atoms with E-state index >= 15 is 4.39 Å². The molecular formula is C36H44FN3O12P2. The van der Waals surface area contributed by atoms with Crippen molar-refractivity contribution in [1.29, 1.82) is 0 Å². The second-order valence-corrected chi connectivity index (χ2v) is 18.1. The van der Waals surface area contributed by atoms with Gasteiger partial charge in [0.05, 0.1) is 44.4 Å². The van der Waals surface area contributed by atoms with E-state index in [0.29, 0.717) is 30.7 Å². The van der Waals surface area contributed by atoms with Crippen LogP contribution in [0.1, 0.15) is 62.7 Å². The first-order valence-corrected chi connectivity index (χ1v) is 21.3. The molecule has 0 amide bonds. The lowest BCUT2D eigenvalue weighted by Gasteiger charge is -2.41. The van der Waals surface area contributed by atoms with Crippen LogP contribution < -0.4 is 26.2 Å². The van der Waals surface area contributed by atoms with Crippen molar-refractivity contribution in [1.82, 2.24) is 9.47 Å². The van der Waals surface area contributed by atoms with Crippen LogP contribution in [0.15, 0.2) is 55.0 Å². The van der Waals surface area contributed by atoms with E-state index in [-0.39, 0.29) is 72.1 Å². The van der Waals surface area contributed by atoms with Gasteiger partial charge >= 0.3 is 19.4 Å². The molecule has 0 bridgehead atoms. The standard InChI is InChI=1S/C36H44FN3O12P2/c1-6-48-53(45,21-54(46,49-7-2)50-8-3)25-13-9-23(10-14-25)33-29(51-36(44)52-33)20-38-15-16-39(18-22(38)4)31-28(37)17-26-30(34(31)47-5)40(24-11-12-24)19-27(32(26)41)35(42)43/h9-10,13-14,17,19,22,24H,6-8,11-12,15-16,18,20-21H2,1-5H3,(H,42,43). The normalized spacial score (nSPS) is 17.9. The number of carboxylic acid groups (broad SMARTS) is 1. The van der Waals surface area contributed by atoms with E-state index in [9.17, 15) is 28.6 Å². The Hall–Kier alpha value is -4.04. The summed E-state index contributed by atoms with van der Waals surface area (Å²) in [6.07, 6.45) is 2.90. The van der Waals surface area contributed by atoms with Gasteiger partial charge in [-0.25, -0.2) is 14.0 Å². The van der Waals surface area contributed by atoms with E-state index in [2.05, 4.69) is 4.90 Å². The fourth-order valence-electron chi connectivity index (χ4n) is 6.96. The number of benzene rings is 2. The smallest absolute Gasteiger partial charge is 0.492 e. The van der Waals surface area contributed by atoms with Crippen LogP contribution in [0.4, 0.5) is 10.1 Å². The molecule has 2 aromatic heterocycles. The first kappa shape index (κ1) is 39.6. The van der Waals surface area contributed by atoms with Crippen LogP contribution in [-0.2, 0) is 29.2 Å². The van der Waals surface area contributed by atoms with Crippen LogP contribution in [0.25, 0.3) is 22.2 Å². The molecule has 2 aromatic carbocycles. The first-order chi connectivity index (χ1) is 25.8. The molecule has 3 heterocycles. The average molecular weight is 792 g/mol. The number of halogens is 1. The molecule has 1 aliphatic heterocycles. The SMILES string of the molecule is CCOP(=O)(CP(=O)(OCC)c1ccc(-c2oc(=O)oc2CN2CCN(c3c(F)cc4c(=O)c(C(=O)O)cn(C5CC5)c4c3OC)CC2C)cc1)OCC. The minimum absolute atomic E-state index is 0.0298. The van der Waals surface area contributed by atoms with Gasteiger partial charge in [0, 0.05) is 48.8 Å². The molecule has 0 spiro atoms. The van der Waals surface area contributed by atoms with Gasteiger partial charge in [-0.15, -0.1) is 0 Å². The molecule has 1 saturated carbocycles. The number of piperazine rings is 1. The first-order valence-electron chi connectivity index (χ1n) is 17.8. The fourth-order valence-corrected chi connectivity index (χ4v) is 12.4. The number of aromatic carboxylic acids is 1. The van der Waals surface area contributed by atoms with Crippen LogP contribution in [0.5, 0.6) is 5.75 Å². The molecule has 2 atom stereocenters. The van der Waals surface area contributed by atoms with Gasteiger partial charge in [0.1, 0.15) is 17.2 Å². The third-order valence-electron chi connectivity index (χ3n) is 9.52. The lowest BCUT2D eigenvalue weighted by atomic mass is 10.1. The van der Waals surface area contributed by atoms with Gasteiger partial charge < -0.3 is 41.7 Å². The van der Waals surface area contributed by atoms with Gasteiger partial charge in [-0.2, -0.15) is 0 Å².